The third-order valence-corrected chi connectivity index (χ3v) is 2.89. The molecular formula is C12H18O. The van der Waals surface area contributed by atoms with Crippen molar-refractivity contribution < 1.29 is 4.74 Å². The Morgan fingerprint density at radius 3 is 2.85 bits per heavy atom. The molecule has 1 nitrogen and oxygen atoms in total. The van der Waals surface area contributed by atoms with Gasteiger partial charge in [-0.15, -0.1) is 0 Å². The summed E-state index contributed by atoms with van der Waals surface area (Å²) in [6.45, 7) is 5.44. The van der Waals surface area contributed by atoms with Crippen LogP contribution >= 0.6 is 0 Å². The van der Waals surface area contributed by atoms with Gasteiger partial charge in [-0.1, -0.05) is 19.9 Å². The molecular weight excluding hydrogens is 160 g/mol. The summed E-state index contributed by atoms with van der Waals surface area (Å²) >= 11 is 0. The Kier molecular flexibility index (Phi) is 2.19. The van der Waals surface area contributed by atoms with E-state index in [2.05, 4.69) is 26.0 Å². The third-order valence-electron chi connectivity index (χ3n) is 2.89. The number of rotatable bonds is 0. The first-order chi connectivity index (χ1) is 6.17. The van der Waals surface area contributed by atoms with Crippen LogP contribution in [-0.4, -0.2) is 6.61 Å². The number of ether oxygens (including phenoxy) is 1. The minimum Gasteiger partial charge on any atom is -0.493 e. The van der Waals surface area contributed by atoms with Gasteiger partial charge < -0.3 is 4.74 Å². The smallest absolute Gasteiger partial charge is 0.118 e. The van der Waals surface area contributed by atoms with Gasteiger partial charge in [0, 0.05) is 0 Å². The summed E-state index contributed by atoms with van der Waals surface area (Å²) in [5.74, 6) is 1.16. The highest BCUT2D eigenvalue weighted by atomic mass is 16.5. The molecule has 0 bridgehead atoms. The minimum absolute atomic E-state index is 0.346. The molecule has 72 valence electrons. The summed E-state index contributed by atoms with van der Waals surface area (Å²) in [5.41, 5.74) is 1.79. The lowest BCUT2D eigenvalue weighted by molar-refractivity contribution is 0.128. The van der Waals surface area contributed by atoms with E-state index in [4.69, 9.17) is 4.74 Å². The first-order valence-electron chi connectivity index (χ1n) is 5.20. The second-order valence-electron chi connectivity index (χ2n) is 4.83. The first kappa shape index (κ1) is 8.86. The maximum atomic E-state index is 5.81. The van der Waals surface area contributed by atoms with Crippen LogP contribution in [0.15, 0.2) is 23.5 Å². The Balaban J connectivity index is 2.17. The Hall–Kier alpha value is -0.720. The number of allylic oxidation sites excluding steroid dienone is 3. The molecule has 1 heteroatoms. The largest absolute Gasteiger partial charge is 0.493 e. The van der Waals surface area contributed by atoms with E-state index in [-0.39, 0.29) is 0 Å². The highest BCUT2D eigenvalue weighted by molar-refractivity contribution is 5.29. The molecule has 1 aliphatic carbocycles. The summed E-state index contributed by atoms with van der Waals surface area (Å²) in [4.78, 5) is 0. The van der Waals surface area contributed by atoms with Crippen molar-refractivity contribution in [3.8, 4) is 0 Å². The van der Waals surface area contributed by atoms with Gasteiger partial charge in [0.2, 0.25) is 0 Å². The normalized spacial score (nSPS) is 26.3. The fraction of sp³-hybridized carbons (Fsp3) is 0.667. The fourth-order valence-corrected chi connectivity index (χ4v) is 1.90. The van der Waals surface area contributed by atoms with Crippen LogP contribution in [0, 0.1) is 5.41 Å². The third kappa shape index (κ3) is 1.96. The molecule has 0 aromatic rings. The highest BCUT2D eigenvalue weighted by Gasteiger charge is 2.25. The molecule has 0 aromatic carbocycles. The molecule has 1 fully saturated rings. The Morgan fingerprint density at radius 1 is 1.23 bits per heavy atom. The van der Waals surface area contributed by atoms with Crippen LogP contribution < -0.4 is 0 Å². The number of fused-ring (bicyclic) bond motifs is 1. The lowest BCUT2D eigenvalue weighted by Gasteiger charge is -2.20. The van der Waals surface area contributed by atoms with Crippen molar-refractivity contribution in [2.75, 3.05) is 6.61 Å². The van der Waals surface area contributed by atoms with Crippen LogP contribution in [0.25, 0.3) is 0 Å². The minimum atomic E-state index is 0.346. The summed E-state index contributed by atoms with van der Waals surface area (Å²) in [7, 11) is 0. The molecule has 0 spiro atoms. The van der Waals surface area contributed by atoms with Crippen molar-refractivity contribution in [1.29, 1.82) is 0 Å². The van der Waals surface area contributed by atoms with E-state index in [1.165, 1.54) is 24.8 Å². The molecule has 2 rings (SSSR count). The van der Waals surface area contributed by atoms with Crippen LogP contribution in [0.2, 0.25) is 0 Å². The summed E-state index contributed by atoms with van der Waals surface area (Å²) in [6, 6.07) is 0. The van der Waals surface area contributed by atoms with Gasteiger partial charge in [-0.25, -0.2) is 0 Å². The van der Waals surface area contributed by atoms with E-state index in [9.17, 15) is 0 Å². The quantitative estimate of drug-likeness (QED) is 0.552. The molecule has 0 atom stereocenters. The average molecular weight is 178 g/mol. The summed E-state index contributed by atoms with van der Waals surface area (Å²) in [5, 5.41) is 0. The maximum absolute atomic E-state index is 5.81. The van der Waals surface area contributed by atoms with Gasteiger partial charge in [0.05, 0.1) is 6.61 Å². The molecule has 1 saturated heterocycles. The second kappa shape index (κ2) is 3.21. The van der Waals surface area contributed by atoms with Crippen molar-refractivity contribution in [2.24, 2.45) is 5.41 Å². The molecule has 1 aliphatic heterocycles. The lowest BCUT2D eigenvalue weighted by atomic mass is 9.87. The van der Waals surface area contributed by atoms with Gasteiger partial charge in [-0.3, -0.25) is 0 Å². The summed E-state index contributed by atoms with van der Waals surface area (Å²) in [6.07, 6.45) is 9.38. The van der Waals surface area contributed by atoms with Gasteiger partial charge in [-0.2, -0.15) is 0 Å². The molecule has 0 saturated carbocycles. The van der Waals surface area contributed by atoms with E-state index >= 15 is 0 Å². The summed E-state index contributed by atoms with van der Waals surface area (Å²) < 4.78 is 5.81. The monoisotopic (exact) mass is 178 g/mol. The SMILES string of the molecule is CC1(C)CCC2=CCCC=C2OC1. The zero-order chi connectivity index (χ0) is 9.31. The molecule has 1 heterocycles. The number of hydrogen-bond donors (Lipinski definition) is 0. The molecule has 0 radical (unpaired) electrons. The maximum Gasteiger partial charge on any atom is 0.118 e. The standard InChI is InChI=1S/C12H18O/c1-12(2)8-7-10-5-3-4-6-11(10)13-9-12/h5-6H,3-4,7-9H2,1-2H3. The van der Waals surface area contributed by atoms with E-state index in [0.717, 1.165) is 18.8 Å². The second-order valence-corrected chi connectivity index (χ2v) is 4.83. The van der Waals surface area contributed by atoms with E-state index in [1.807, 2.05) is 0 Å². The molecule has 0 N–H and O–H groups in total. The van der Waals surface area contributed by atoms with Gasteiger partial charge in [0.1, 0.15) is 5.76 Å². The van der Waals surface area contributed by atoms with Crippen molar-refractivity contribution in [3.05, 3.63) is 23.5 Å². The van der Waals surface area contributed by atoms with E-state index in [0.29, 0.717) is 5.41 Å². The highest BCUT2D eigenvalue weighted by Crippen LogP contribution is 2.35. The fourth-order valence-electron chi connectivity index (χ4n) is 1.90. The first-order valence-corrected chi connectivity index (χ1v) is 5.20. The van der Waals surface area contributed by atoms with Crippen LogP contribution in [0.5, 0.6) is 0 Å². The zero-order valence-corrected chi connectivity index (χ0v) is 8.60. The van der Waals surface area contributed by atoms with Crippen LogP contribution in [-0.2, 0) is 4.74 Å². The molecule has 0 amide bonds. The Bertz CT molecular complexity index is 232. The topological polar surface area (TPSA) is 9.23 Å². The molecule has 13 heavy (non-hydrogen) atoms. The van der Waals surface area contributed by atoms with Crippen molar-refractivity contribution >= 4 is 0 Å². The Labute approximate surface area is 80.5 Å². The van der Waals surface area contributed by atoms with E-state index < -0.39 is 0 Å². The predicted octanol–water partition coefficient (Wildman–Crippen LogP) is 3.43. The van der Waals surface area contributed by atoms with Gasteiger partial charge in [0.15, 0.2) is 0 Å². The number of hydrogen-bond acceptors (Lipinski definition) is 1. The van der Waals surface area contributed by atoms with Crippen molar-refractivity contribution in [3.63, 3.8) is 0 Å². The predicted molar refractivity (Wildman–Crippen MR) is 54.4 cm³/mol. The van der Waals surface area contributed by atoms with Crippen LogP contribution in [0.4, 0.5) is 0 Å². The lowest BCUT2D eigenvalue weighted by Crippen LogP contribution is -2.16. The van der Waals surface area contributed by atoms with Gasteiger partial charge >= 0.3 is 0 Å². The molecule has 0 unspecified atom stereocenters. The molecule has 2 aliphatic rings. The average Bonchev–Trinajstić information content (AvgIpc) is 2.27. The van der Waals surface area contributed by atoms with Crippen molar-refractivity contribution in [1.82, 2.24) is 0 Å². The van der Waals surface area contributed by atoms with Gasteiger partial charge in [-0.05, 0) is 42.7 Å². The van der Waals surface area contributed by atoms with Gasteiger partial charge in [0.25, 0.3) is 0 Å². The van der Waals surface area contributed by atoms with Crippen LogP contribution in [0.3, 0.4) is 0 Å². The molecule has 0 aromatic heterocycles. The van der Waals surface area contributed by atoms with Crippen LogP contribution in [0.1, 0.15) is 39.5 Å². The van der Waals surface area contributed by atoms with E-state index in [1.54, 1.807) is 0 Å². The Morgan fingerprint density at radius 2 is 2.00 bits per heavy atom. The van der Waals surface area contributed by atoms with Crippen molar-refractivity contribution in [2.45, 2.75) is 39.5 Å². The zero-order valence-electron chi connectivity index (χ0n) is 8.60.